The molecule has 1 unspecified atom stereocenters. The molecule has 3 atom stereocenters. The number of hydrogen-bond acceptors (Lipinski definition) is 6. The number of rotatable bonds is 10. The summed E-state index contributed by atoms with van der Waals surface area (Å²) in [4.78, 5) is 12.7. The van der Waals surface area contributed by atoms with E-state index in [1.54, 1.807) is 10.9 Å². The van der Waals surface area contributed by atoms with E-state index in [9.17, 15) is 4.39 Å². The summed E-state index contributed by atoms with van der Waals surface area (Å²) in [6.07, 6.45) is 5.36. The Kier molecular flexibility index (Phi) is 6.24. The lowest BCUT2D eigenvalue weighted by atomic mass is 9.78. The van der Waals surface area contributed by atoms with Crippen molar-refractivity contribution in [2.75, 3.05) is 25.6 Å². The lowest BCUT2D eigenvalue weighted by molar-refractivity contribution is -0.0246. The molecule has 1 aliphatic rings. The number of imidazole rings is 1. The van der Waals surface area contributed by atoms with Gasteiger partial charge >= 0.3 is 0 Å². The van der Waals surface area contributed by atoms with Gasteiger partial charge in [0.2, 0.25) is 11.8 Å². The quantitative estimate of drug-likeness (QED) is 0.650. The number of fused-ring (bicyclic) bond motifs is 1. The minimum Gasteiger partial charge on any atom is -0.476 e. The average Bonchev–Trinajstić information content (AvgIpc) is 3.03. The van der Waals surface area contributed by atoms with Gasteiger partial charge in [0, 0.05) is 12.5 Å². The number of ether oxygens (including phenoxy) is 2. The predicted octanol–water partition coefficient (Wildman–Crippen LogP) is 3.30. The number of alkyl halides is 1. The Balaban J connectivity index is 1.69. The summed E-state index contributed by atoms with van der Waals surface area (Å²) in [5.41, 5.74) is 6.88. The summed E-state index contributed by atoms with van der Waals surface area (Å²) in [6.45, 7) is 5.90. The summed E-state index contributed by atoms with van der Waals surface area (Å²) in [5.74, 6) is 0.405. The fraction of sp³-hybridized carbons (Fsp3) is 0.722. The first-order valence-corrected chi connectivity index (χ1v) is 9.50. The molecule has 0 bridgehead atoms. The first-order chi connectivity index (χ1) is 12.7. The molecule has 0 aromatic carbocycles. The second-order valence-electron chi connectivity index (χ2n) is 6.85. The highest BCUT2D eigenvalue weighted by Gasteiger charge is 2.43. The molecule has 1 aliphatic carbocycles. The molecule has 0 saturated heterocycles. The Labute approximate surface area is 153 Å². The first-order valence-electron chi connectivity index (χ1n) is 9.50. The van der Waals surface area contributed by atoms with Crippen LogP contribution in [-0.2, 0) is 4.74 Å². The highest BCUT2D eigenvalue weighted by molar-refractivity contribution is 5.77. The van der Waals surface area contributed by atoms with E-state index < -0.39 is 6.17 Å². The zero-order chi connectivity index (χ0) is 18.5. The lowest BCUT2D eigenvalue weighted by Crippen LogP contribution is -2.42. The Hall–Kier alpha value is -1.96. The van der Waals surface area contributed by atoms with Crippen LogP contribution in [0.3, 0.4) is 0 Å². The lowest BCUT2D eigenvalue weighted by Gasteiger charge is -2.40. The van der Waals surface area contributed by atoms with Crippen molar-refractivity contribution in [2.45, 2.75) is 58.2 Å². The fourth-order valence-electron chi connectivity index (χ4n) is 3.16. The van der Waals surface area contributed by atoms with Crippen LogP contribution in [0.15, 0.2) is 6.33 Å². The van der Waals surface area contributed by atoms with Crippen molar-refractivity contribution in [3.8, 4) is 5.88 Å². The minimum atomic E-state index is -0.977. The van der Waals surface area contributed by atoms with Crippen LogP contribution < -0.4 is 10.5 Å². The predicted molar refractivity (Wildman–Crippen MR) is 97.9 cm³/mol. The number of halogens is 1. The van der Waals surface area contributed by atoms with Crippen LogP contribution in [0.2, 0.25) is 0 Å². The first kappa shape index (κ1) is 18.8. The molecule has 2 heterocycles. The zero-order valence-electron chi connectivity index (χ0n) is 15.5. The van der Waals surface area contributed by atoms with E-state index in [0.29, 0.717) is 43.3 Å². The van der Waals surface area contributed by atoms with E-state index in [-0.39, 0.29) is 17.9 Å². The van der Waals surface area contributed by atoms with Gasteiger partial charge in [0.25, 0.3) is 0 Å². The van der Waals surface area contributed by atoms with E-state index in [1.165, 1.54) is 0 Å². The Morgan fingerprint density at radius 2 is 2.00 bits per heavy atom. The molecule has 2 N–H and O–H groups in total. The van der Waals surface area contributed by atoms with Gasteiger partial charge in [-0.2, -0.15) is 9.97 Å². The Morgan fingerprint density at radius 1 is 1.23 bits per heavy atom. The molecule has 3 rings (SSSR count). The van der Waals surface area contributed by atoms with Gasteiger partial charge in [0.05, 0.1) is 25.6 Å². The van der Waals surface area contributed by atoms with E-state index in [1.807, 2.05) is 0 Å². The number of nitrogens with two attached hydrogens (primary N) is 1. The maximum Gasteiger partial charge on any atom is 0.247 e. The van der Waals surface area contributed by atoms with Crippen LogP contribution in [0.5, 0.6) is 5.88 Å². The summed E-state index contributed by atoms with van der Waals surface area (Å²) >= 11 is 0. The van der Waals surface area contributed by atoms with Crippen molar-refractivity contribution in [1.29, 1.82) is 0 Å². The van der Waals surface area contributed by atoms with Crippen molar-refractivity contribution < 1.29 is 13.9 Å². The van der Waals surface area contributed by atoms with Gasteiger partial charge in [-0.1, -0.05) is 26.7 Å². The minimum absolute atomic E-state index is 0.0752. The molecular weight excluding hydrogens is 337 g/mol. The Morgan fingerprint density at radius 3 is 2.73 bits per heavy atom. The highest BCUT2D eigenvalue weighted by Crippen LogP contribution is 2.42. The van der Waals surface area contributed by atoms with Gasteiger partial charge in [0.15, 0.2) is 11.2 Å². The third kappa shape index (κ3) is 3.90. The molecule has 0 spiro atoms. The molecule has 26 heavy (non-hydrogen) atoms. The summed E-state index contributed by atoms with van der Waals surface area (Å²) in [5, 5.41) is 0. The van der Waals surface area contributed by atoms with E-state index in [4.69, 9.17) is 15.2 Å². The van der Waals surface area contributed by atoms with Crippen molar-refractivity contribution in [2.24, 2.45) is 5.92 Å². The van der Waals surface area contributed by atoms with Gasteiger partial charge in [-0.25, -0.2) is 9.37 Å². The number of hydrogen-bond donors (Lipinski definition) is 1. The maximum atomic E-state index is 14.7. The molecule has 144 valence electrons. The molecule has 8 heteroatoms. The van der Waals surface area contributed by atoms with Gasteiger partial charge < -0.3 is 19.8 Å². The highest BCUT2D eigenvalue weighted by atomic mass is 19.1. The monoisotopic (exact) mass is 365 g/mol. The van der Waals surface area contributed by atoms with Crippen LogP contribution in [0.4, 0.5) is 10.3 Å². The van der Waals surface area contributed by atoms with Crippen LogP contribution in [0.1, 0.15) is 52.0 Å². The smallest absolute Gasteiger partial charge is 0.247 e. The van der Waals surface area contributed by atoms with E-state index in [0.717, 1.165) is 25.7 Å². The van der Waals surface area contributed by atoms with Crippen molar-refractivity contribution >= 4 is 17.1 Å². The van der Waals surface area contributed by atoms with Gasteiger partial charge in [-0.15, -0.1) is 0 Å². The number of aromatic nitrogens is 4. The Bertz CT molecular complexity index is 723. The number of nitrogen functional groups attached to an aromatic ring is 1. The molecule has 0 radical (unpaired) electrons. The van der Waals surface area contributed by atoms with Crippen molar-refractivity contribution in [3.63, 3.8) is 0 Å². The topological polar surface area (TPSA) is 88.1 Å². The number of anilines is 1. The third-order valence-corrected chi connectivity index (χ3v) is 4.84. The van der Waals surface area contributed by atoms with Crippen LogP contribution in [-0.4, -0.2) is 45.5 Å². The normalized spacial score (nSPS) is 22.5. The fourth-order valence-corrected chi connectivity index (χ4v) is 3.16. The standard InChI is InChI=1S/C18H28FN5O2/c1-3-5-7-25-10-12-9-13(14(12)19)24-11-21-15-16(24)22-18(20)23-17(15)26-8-6-4-2/h11-14H,3-10H2,1-2H3,(H2,20,22,23)/t12-,13-,14?/m1/s1. The summed E-state index contributed by atoms with van der Waals surface area (Å²) in [7, 11) is 0. The summed E-state index contributed by atoms with van der Waals surface area (Å²) < 4.78 is 27.7. The molecule has 7 nitrogen and oxygen atoms in total. The van der Waals surface area contributed by atoms with Gasteiger partial charge in [-0.3, -0.25) is 0 Å². The summed E-state index contributed by atoms with van der Waals surface area (Å²) in [6, 6.07) is -0.294. The second-order valence-corrected chi connectivity index (χ2v) is 6.85. The molecule has 0 amide bonds. The van der Waals surface area contributed by atoms with E-state index in [2.05, 4.69) is 28.8 Å². The SMILES string of the molecule is CCCCOC[C@H]1C[C@@H](n2cnc3c(OCCCC)nc(N)nc32)C1F. The molecule has 1 saturated carbocycles. The van der Waals surface area contributed by atoms with Crippen molar-refractivity contribution in [1.82, 2.24) is 19.5 Å². The number of unbranched alkanes of at least 4 members (excludes halogenated alkanes) is 2. The molecular formula is C18H28FN5O2. The number of nitrogens with zero attached hydrogens (tertiary/aromatic N) is 4. The molecule has 0 aliphatic heterocycles. The average molecular weight is 365 g/mol. The second kappa shape index (κ2) is 8.62. The van der Waals surface area contributed by atoms with Gasteiger partial charge in [-0.05, 0) is 19.3 Å². The third-order valence-electron chi connectivity index (χ3n) is 4.84. The molecule has 1 fully saturated rings. The van der Waals surface area contributed by atoms with Crippen molar-refractivity contribution in [3.05, 3.63) is 6.33 Å². The largest absolute Gasteiger partial charge is 0.476 e. The van der Waals surface area contributed by atoms with Crippen LogP contribution >= 0.6 is 0 Å². The molecule has 2 aromatic heterocycles. The zero-order valence-corrected chi connectivity index (χ0v) is 15.5. The molecule has 2 aromatic rings. The van der Waals surface area contributed by atoms with Gasteiger partial charge in [0.1, 0.15) is 6.17 Å². The van der Waals surface area contributed by atoms with Crippen LogP contribution in [0.25, 0.3) is 11.2 Å². The maximum absolute atomic E-state index is 14.7. The van der Waals surface area contributed by atoms with E-state index >= 15 is 0 Å². The van der Waals surface area contributed by atoms with Crippen LogP contribution in [0, 0.1) is 5.92 Å².